The predicted octanol–water partition coefficient (Wildman–Crippen LogP) is -0.568. The van der Waals surface area contributed by atoms with E-state index in [1.807, 2.05) is 0 Å². The average Bonchev–Trinajstić information content (AvgIpc) is 2.05. The summed E-state index contributed by atoms with van der Waals surface area (Å²) in [4.78, 5) is 10.3. The number of carbonyl (C=O) groups is 1. The molecule has 1 rings (SSSR count). The van der Waals surface area contributed by atoms with Crippen LogP contribution in [-0.2, 0) is 4.79 Å². The molecule has 1 fully saturated rings. The minimum Gasteiger partial charge on any atom is -0.479 e. The Labute approximate surface area is 65.2 Å². The fraction of sp³-hybridized carbons (Fsp3) is 0.857. The summed E-state index contributed by atoms with van der Waals surface area (Å²) >= 11 is 0. The van der Waals surface area contributed by atoms with Crippen molar-refractivity contribution in [2.45, 2.75) is 18.9 Å². The van der Waals surface area contributed by atoms with Gasteiger partial charge in [-0.05, 0) is 19.4 Å². The van der Waals surface area contributed by atoms with Gasteiger partial charge in [-0.2, -0.15) is 0 Å². The summed E-state index contributed by atoms with van der Waals surface area (Å²) < 4.78 is 0. The van der Waals surface area contributed by atoms with E-state index in [2.05, 4.69) is 5.32 Å². The van der Waals surface area contributed by atoms with Crippen molar-refractivity contribution in [3.05, 3.63) is 0 Å². The zero-order valence-corrected chi connectivity index (χ0v) is 6.29. The van der Waals surface area contributed by atoms with Crippen LogP contribution in [0.1, 0.15) is 12.8 Å². The fourth-order valence-corrected chi connectivity index (χ4v) is 1.35. The van der Waals surface area contributed by atoms with Crippen molar-refractivity contribution >= 4 is 5.97 Å². The molecule has 0 saturated carbocycles. The van der Waals surface area contributed by atoms with Gasteiger partial charge in [0.2, 0.25) is 0 Å². The van der Waals surface area contributed by atoms with E-state index < -0.39 is 12.1 Å². The number of hydrogen-bond acceptors (Lipinski definition) is 3. The van der Waals surface area contributed by atoms with Crippen LogP contribution < -0.4 is 5.32 Å². The number of nitrogens with one attached hydrogen (secondary N) is 1. The zero-order valence-electron chi connectivity index (χ0n) is 6.29. The number of carboxylic acid groups (broad SMARTS) is 1. The van der Waals surface area contributed by atoms with E-state index in [1.165, 1.54) is 0 Å². The quantitative estimate of drug-likeness (QED) is 0.504. The molecule has 0 spiro atoms. The van der Waals surface area contributed by atoms with Crippen molar-refractivity contribution < 1.29 is 15.0 Å². The lowest BCUT2D eigenvalue weighted by molar-refractivity contribution is -0.150. The van der Waals surface area contributed by atoms with Gasteiger partial charge in [0.15, 0.2) is 6.10 Å². The second-order valence-corrected chi connectivity index (χ2v) is 2.89. The van der Waals surface area contributed by atoms with Crippen LogP contribution in [0.4, 0.5) is 0 Å². The Morgan fingerprint density at radius 3 is 2.82 bits per heavy atom. The Kier molecular flexibility index (Phi) is 2.84. The molecular formula is C7H13NO3. The molecule has 4 heteroatoms. The summed E-state index contributed by atoms with van der Waals surface area (Å²) in [5.74, 6) is -1.22. The molecule has 1 saturated heterocycles. The van der Waals surface area contributed by atoms with Crippen molar-refractivity contribution in [3.8, 4) is 0 Å². The fourth-order valence-electron chi connectivity index (χ4n) is 1.35. The highest BCUT2D eigenvalue weighted by Gasteiger charge is 2.26. The topological polar surface area (TPSA) is 69.6 Å². The van der Waals surface area contributed by atoms with Crippen LogP contribution in [0.5, 0.6) is 0 Å². The Hall–Kier alpha value is -0.610. The molecule has 1 heterocycles. The molecule has 1 aliphatic heterocycles. The molecule has 4 nitrogen and oxygen atoms in total. The summed E-state index contributed by atoms with van der Waals surface area (Å²) in [6, 6.07) is 0. The lowest BCUT2D eigenvalue weighted by Crippen LogP contribution is -2.40. The SMILES string of the molecule is O=C(O)[C@H](O)[C@H]1CCCNC1. The van der Waals surface area contributed by atoms with Crippen LogP contribution in [-0.4, -0.2) is 35.4 Å². The van der Waals surface area contributed by atoms with Gasteiger partial charge in [-0.25, -0.2) is 4.79 Å². The molecule has 2 atom stereocenters. The Balaban J connectivity index is 2.38. The molecule has 0 bridgehead atoms. The number of aliphatic carboxylic acids is 1. The summed E-state index contributed by atoms with van der Waals surface area (Å²) in [5, 5.41) is 20.6. The van der Waals surface area contributed by atoms with E-state index in [0.29, 0.717) is 6.54 Å². The van der Waals surface area contributed by atoms with Gasteiger partial charge in [0.05, 0.1) is 0 Å². The van der Waals surface area contributed by atoms with Gasteiger partial charge in [-0.15, -0.1) is 0 Å². The Morgan fingerprint density at radius 2 is 2.36 bits per heavy atom. The lowest BCUT2D eigenvalue weighted by Gasteiger charge is -2.24. The first-order valence-electron chi connectivity index (χ1n) is 3.83. The highest BCUT2D eigenvalue weighted by Crippen LogP contribution is 2.14. The third-order valence-electron chi connectivity index (χ3n) is 2.03. The van der Waals surface area contributed by atoms with Crippen LogP contribution in [0.25, 0.3) is 0 Å². The molecule has 0 amide bonds. The molecule has 3 N–H and O–H groups in total. The maximum absolute atomic E-state index is 10.3. The third-order valence-corrected chi connectivity index (χ3v) is 2.03. The maximum atomic E-state index is 10.3. The molecule has 1 aliphatic rings. The second-order valence-electron chi connectivity index (χ2n) is 2.89. The zero-order chi connectivity index (χ0) is 8.27. The molecule has 64 valence electrons. The standard InChI is InChI=1S/C7H13NO3/c9-6(7(10)11)5-2-1-3-8-4-5/h5-6,8-9H,1-4H2,(H,10,11)/t5-,6+/m0/s1. The Bertz CT molecular complexity index is 143. The van der Waals surface area contributed by atoms with E-state index in [0.717, 1.165) is 19.4 Å². The van der Waals surface area contributed by atoms with Crippen molar-refractivity contribution in [2.75, 3.05) is 13.1 Å². The first-order chi connectivity index (χ1) is 5.22. The molecule has 0 radical (unpaired) electrons. The largest absolute Gasteiger partial charge is 0.479 e. The summed E-state index contributed by atoms with van der Waals surface area (Å²) in [6.45, 7) is 1.55. The third kappa shape index (κ3) is 2.17. The highest BCUT2D eigenvalue weighted by molar-refractivity contribution is 5.72. The Morgan fingerprint density at radius 1 is 1.64 bits per heavy atom. The normalized spacial score (nSPS) is 27.9. The lowest BCUT2D eigenvalue weighted by atomic mass is 9.94. The summed E-state index contributed by atoms with van der Waals surface area (Å²) in [6.07, 6.45) is 0.568. The summed E-state index contributed by atoms with van der Waals surface area (Å²) in [7, 11) is 0. The van der Waals surface area contributed by atoms with Gasteiger partial charge in [-0.3, -0.25) is 0 Å². The maximum Gasteiger partial charge on any atom is 0.332 e. The molecule has 11 heavy (non-hydrogen) atoms. The minimum atomic E-state index is -1.19. The number of aliphatic hydroxyl groups excluding tert-OH is 1. The molecule has 0 aromatic carbocycles. The first kappa shape index (κ1) is 8.49. The minimum absolute atomic E-state index is 0.110. The molecule has 0 aliphatic carbocycles. The van der Waals surface area contributed by atoms with Gasteiger partial charge < -0.3 is 15.5 Å². The number of rotatable bonds is 2. The number of hydrogen-bond donors (Lipinski definition) is 3. The predicted molar refractivity (Wildman–Crippen MR) is 39.2 cm³/mol. The van der Waals surface area contributed by atoms with Gasteiger partial charge in [0.1, 0.15) is 0 Å². The average molecular weight is 159 g/mol. The van der Waals surface area contributed by atoms with Gasteiger partial charge in [0, 0.05) is 12.5 Å². The van der Waals surface area contributed by atoms with E-state index in [4.69, 9.17) is 10.2 Å². The second kappa shape index (κ2) is 3.69. The molecule has 0 aromatic heterocycles. The van der Waals surface area contributed by atoms with Crippen LogP contribution >= 0.6 is 0 Å². The van der Waals surface area contributed by atoms with Crippen molar-refractivity contribution in [1.29, 1.82) is 0 Å². The smallest absolute Gasteiger partial charge is 0.332 e. The number of aliphatic hydroxyl groups is 1. The van der Waals surface area contributed by atoms with E-state index in [1.54, 1.807) is 0 Å². The van der Waals surface area contributed by atoms with Crippen molar-refractivity contribution in [1.82, 2.24) is 5.32 Å². The van der Waals surface area contributed by atoms with Crippen LogP contribution in [0.2, 0.25) is 0 Å². The van der Waals surface area contributed by atoms with E-state index >= 15 is 0 Å². The van der Waals surface area contributed by atoms with Crippen molar-refractivity contribution in [3.63, 3.8) is 0 Å². The highest BCUT2D eigenvalue weighted by atomic mass is 16.4. The monoisotopic (exact) mass is 159 g/mol. The molecule has 0 aromatic rings. The van der Waals surface area contributed by atoms with Crippen LogP contribution in [0, 0.1) is 5.92 Å². The van der Waals surface area contributed by atoms with Gasteiger partial charge in [-0.1, -0.05) is 0 Å². The van der Waals surface area contributed by atoms with Gasteiger partial charge >= 0.3 is 5.97 Å². The number of piperidine rings is 1. The van der Waals surface area contributed by atoms with E-state index in [-0.39, 0.29) is 5.92 Å². The van der Waals surface area contributed by atoms with Crippen molar-refractivity contribution in [2.24, 2.45) is 5.92 Å². The molecule has 0 unspecified atom stereocenters. The summed E-state index contributed by atoms with van der Waals surface area (Å²) in [5.41, 5.74) is 0. The van der Waals surface area contributed by atoms with Crippen LogP contribution in [0.15, 0.2) is 0 Å². The van der Waals surface area contributed by atoms with E-state index in [9.17, 15) is 4.79 Å². The number of carboxylic acids is 1. The molecular weight excluding hydrogens is 146 g/mol. The van der Waals surface area contributed by atoms with Crippen LogP contribution in [0.3, 0.4) is 0 Å². The first-order valence-corrected chi connectivity index (χ1v) is 3.83. The van der Waals surface area contributed by atoms with Gasteiger partial charge in [0.25, 0.3) is 0 Å².